The number of hydrogen-bond donors (Lipinski definition) is 1. The van der Waals surface area contributed by atoms with Gasteiger partial charge in [-0.1, -0.05) is 23.1 Å². The van der Waals surface area contributed by atoms with Gasteiger partial charge in [0, 0.05) is 0 Å². The third kappa shape index (κ3) is 3.15. The molecule has 0 amide bonds. The Kier molecular flexibility index (Phi) is 4.15. The first-order valence-corrected chi connectivity index (χ1v) is 5.75. The molecular weight excluding hydrogens is 222 g/mol. The van der Waals surface area contributed by atoms with Gasteiger partial charge in [0.1, 0.15) is 5.25 Å². The van der Waals surface area contributed by atoms with Crippen molar-refractivity contribution in [2.45, 2.75) is 23.4 Å². The second-order valence-corrected chi connectivity index (χ2v) is 5.02. The van der Waals surface area contributed by atoms with Gasteiger partial charge in [-0.25, -0.2) is 0 Å². The quantitative estimate of drug-likeness (QED) is 0.621. The largest absolute Gasteiger partial charge is 0.465 e. The summed E-state index contributed by atoms with van der Waals surface area (Å²) >= 11 is 2.57. The van der Waals surface area contributed by atoms with Crippen LogP contribution in [0.1, 0.15) is 13.8 Å². The summed E-state index contributed by atoms with van der Waals surface area (Å²) < 4.78 is 5.53. The van der Waals surface area contributed by atoms with E-state index in [1.54, 1.807) is 13.8 Å². The lowest BCUT2D eigenvalue weighted by Gasteiger charge is -2.06. The van der Waals surface area contributed by atoms with Crippen LogP contribution in [-0.2, 0) is 9.53 Å². The number of ether oxygens (including phenoxy) is 1. The number of nitrogens with zero attached hydrogens (tertiary/aromatic N) is 2. The van der Waals surface area contributed by atoms with Gasteiger partial charge in [-0.2, -0.15) is 0 Å². The number of aromatic nitrogens is 2. The lowest BCUT2D eigenvalue weighted by atomic mass is 10.5. The molecule has 0 aromatic carbocycles. The van der Waals surface area contributed by atoms with E-state index in [1.807, 2.05) is 0 Å². The Morgan fingerprint density at radius 2 is 2.43 bits per heavy atom. The Hall–Kier alpha value is -0.820. The highest BCUT2D eigenvalue weighted by molar-refractivity contribution is 8.02. The van der Waals surface area contributed by atoms with Crippen LogP contribution in [0.5, 0.6) is 0 Å². The van der Waals surface area contributed by atoms with E-state index >= 15 is 0 Å². The average molecular weight is 233 g/mol. The lowest BCUT2D eigenvalue weighted by molar-refractivity contribution is -0.142. The Balaban J connectivity index is 2.48. The number of rotatable bonds is 4. The number of hydrogen-bond acceptors (Lipinski definition) is 7. The molecule has 5 nitrogen and oxygen atoms in total. The van der Waals surface area contributed by atoms with E-state index in [0.717, 1.165) is 0 Å². The highest BCUT2D eigenvalue weighted by atomic mass is 32.2. The van der Waals surface area contributed by atoms with E-state index in [0.29, 0.717) is 16.1 Å². The molecule has 1 rings (SSSR count). The molecule has 0 fully saturated rings. The molecule has 0 saturated carbocycles. The first-order valence-electron chi connectivity index (χ1n) is 4.05. The van der Waals surface area contributed by atoms with E-state index < -0.39 is 0 Å². The molecule has 0 aliphatic rings. The summed E-state index contributed by atoms with van der Waals surface area (Å²) in [5, 5.41) is 7.58. The van der Waals surface area contributed by atoms with E-state index in [1.165, 1.54) is 23.1 Å². The van der Waals surface area contributed by atoms with E-state index in [4.69, 9.17) is 10.5 Å². The second kappa shape index (κ2) is 5.16. The number of anilines is 1. The summed E-state index contributed by atoms with van der Waals surface area (Å²) in [6.45, 7) is 3.93. The number of thioether (sulfide) groups is 1. The molecule has 14 heavy (non-hydrogen) atoms. The predicted octanol–water partition coefficient (Wildman–Crippen LogP) is 1.16. The fourth-order valence-corrected chi connectivity index (χ4v) is 2.51. The van der Waals surface area contributed by atoms with Gasteiger partial charge in [-0.3, -0.25) is 4.79 Å². The molecule has 0 aliphatic heterocycles. The van der Waals surface area contributed by atoms with Crippen molar-refractivity contribution in [1.29, 1.82) is 0 Å². The number of carbonyl (C=O) groups is 1. The topological polar surface area (TPSA) is 78.1 Å². The zero-order valence-corrected chi connectivity index (χ0v) is 9.52. The molecule has 0 aliphatic carbocycles. The molecule has 0 spiro atoms. The molecule has 1 aromatic heterocycles. The minimum atomic E-state index is -0.276. The molecule has 1 aromatic rings. The van der Waals surface area contributed by atoms with Crippen molar-refractivity contribution in [3.8, 4) is 0 Å². The van der Waals surface area contributed by atoms with Gasteiger partial charge in [-0.15, -0.1) is 10.2 Å². The molecule has 1 atom stereocenters. The zero-order valence-electron chi connectivity index (χ0n) is 7.89. The fourth-order valence-electron chi connectivity index (χ4n) is 0.727. The molecule has 2 N–H and O–H groups in total. The third-order valence-corrected chi connectivity index (χ3v) is 3.23. The minimum Gasteiger partial charge on any atom is -0.465 e. The molecule has 0 saturated heterocycles. The van der Waals surface area contributed by atoms with Crippen LogP contribution >= 0.6 is 23.1 Å². The Labute approximate surface area is 90.0 Å². The van der Waals surface area contributed by atoms with E-state index in [9.17, 15) is 4.79 Å². The maximum absolute atomic E-state index is 11.2. The van der Waals surface area contributed by atoms with Crippen LogP contribution in [0.4, 0.5) is 5.13 Å². The predicted molar refractivity (Wildman–Crippen MR) is 56.3 cm³/mol. The van der Waals surface area contributed by atoms with Crippen LogP contribution in [0.3, 0.4) is 0 Å². The van der Waals surface area contributed by atoms with Crippen molar-refractivity contribution < 1.29 is 9.53 Å². The molecule has 1 unspecified atom stereocenters. The monoisotopic (exact) mass is 233 g/mol. The highest BCUT2D eigenvalue weighted by Gasteiger charge is 2.17. The van der Waals surface area contributed by atoms with Crippen molar-refractivity contribution in [3.63, 3.8) is 0 Å². The second-order valence-electron chi connectivity index (χ2n) is 2.42. The third-order valence-electron chi connectivity index (χ3n) is 1.32. The summed E-state index contributed by atoms with van der Waals surface area (Å²) in [5.74, 6) is -0.244. The smallest absolute Gasteiger partial charge is 0.319 e. The number of carbonyl (C=O) groups excluding carboxylic acids is 1. The Morgan fingerprint density at radius 3 is 2.93 bits per heavy atom. The fraction of sp³-hybridized carbons (Fsp3) is 0.571. The molecular formula is C7H11N3O2S2. The number of nitrogens with two attached hydrogens (primary N) is 1. The first kappa shape index (κ1) is 11.3. The van der Waals surface area contributed by atoms with E-state index in [2.05, 4.69) is 10.2 Å². The standard InChI is InChI=1S/C7H11N3O2S2/c1-3-12-5(11)4(2)13-7-10-9-6(8)14-7/h4H,3H2,1-2H3,(H2,8,9). The van der Waals surface area contributed by atoms with Gasteiger partial charge >= 0.3 is 5.97 Å². The zero-order chi connectivity index (χ0) is 10.6. The molecule has 7 heteroatoms. The van der Waals surface area contributed by atoms with Gasteiger partial charge in [0.25, 0.3) is 0 Å². The molecule has 0 radical (unpaired) electrons. The first-order chi connectivity index (χ1) is 6.63. The van der Waals surface area contributed by atoms with Crippen LogP contribution in [0.25, 0.3) is 0 Å². The maximum atomic E-state index is 11.2. The number of nitrogen functional groups attached to an aromatic ring is 1. The Morgan fingerprint density at radius 1 is 1.71 bits per heavy atom. The molecule has 78 valence electrons. The maximum Gasteiger partial charge on any atom is 0.319 e. The van der Waals surface area contributed by atoms with Gasteiger partial charge in [-0.05, 0) is 13.8 Å². The van der Waals surface area contributed by atoms with Gasteiger partial charge in [0.15, 0.2) is 4.34 Å². The van der Waals surface area contributed by atoms with Crippen molar-refractivity contribution >= 4 is 34.2 Å². The normalized spacial score (nSPS) is 12.4. The van der Waals surface area contributed by atoms with Gasteiger partial charge in [0.05, 0.1) is 6.61 Å². The summed E-state index contributed by atoms with van der Waals surface area (Å²) in [4.78, 5) is 11.2. The van der Waals surface area contributed by atoms with Crippen LogP contribution in [0.15, 0.2) is 4.34 Å². The van der Waals surface area contributed by atoms with Gasteiger partial charge < -0.3 is 10.5 Å². The van der Waals surface area contributed by atoms with E-state index in [-0.39, 0.29) is 11.2 Å². The van der Waals surface area contributed by atoms with Crippen molar-refractivity contribution in [2.75, 3.05) is 12.3 Å². The molecule has 1 heterocycles. The summed E-state index contributed by atoms with van der Waals surface area (Å²) in [7, 11) is 0. The van der Waals surface area contributed by atoms with Crippen molar-refractivity contribution in [1.82, 2.24) is 10.2 Å². The van der Waals surface area contributed by atoms with Crippen molar-refractivity contribution in [2.24, 2.45) is 0 Å². The summed E-state index contributed by atoms with van der Waals surface area (Å²) in [6, 6.07) is 0. The lowest BCUT2D eigenvalue weighted by Crippen LogP contribution is -2.16. The molecule has 0 bridgehead atoms. The summed E-state index contributed by atoms with van der Waals surface area (Å²) in [5.41, 5.74) is 5.40. The van der Waals surface area contributed by atoms with Crippen molar-refractivity contribution in [3.05, 3.63) is 0 Å². The SMILES string of the molecule is CCOC(=O)C(C)Sc1nnc(N)s1. The average Bonchev–Trinajstić information content (AvgIpc) is 2.51. The van der Waals surface area contributed by atoms with Gasteiger partial charge in [0.2, 0.25) is 5.13 Å². The van der Waals surface area contributed by atoms with Crippen LogP contribution in [0.2, 0.25) is 0 Å². The summed E-state index contributed by atoms with van der Waals surface area (Å²) in [6.07, 6.45) is 0. The van der Waals surface area contributed by atoms with Crippen LogP contribution < -0.4 is 5.73 Å². The van der Waals surface area contributed by atoms with Crippen LogP contribution in [-0.4, -0.2) is 28.0 Å². The van der Waals surface area contributed by atoms with Crippen LogP contribution in [0, 0.1) is 0 Å². The Bertz CT molecular complexity index is 316. The minimum absolute atomic E-state index is 0.244. The number of esters is 1. The highest BCUT2D eigenvalue weighted by Crippen LogP contribution is 2.27.